The van der Waals surface area contributed by atoms with Gasteiger partial charge in [0.05, 0.1) is 24.4 Å². The summed E-state index contributed by atoms with van der Waals surface area (Å²) < 4.78 is 5.85. The van der Waals surface area contributed by atoms with Crippen LogP contribution in [0.3, 0.4) is 0 Å². The number of nitrogens with zero attached hydrogens (tertiary/aromatic N) is 2. The lowest BCUT2D eigenvalue weighted by Gasteiger charge is -2.56. The van der Waals surface area contributed by atoms with E-state index < -0.39 is 0 Å². The maximum atomic E-state index is 10.3. The summed E-state index contributed by atoms with van der Waals surface area (Å²) in [5.74, 6) is 0. The van der Waals surface area contributed by atoms with Crippen LogP contribution in [0.25, 0.3) is 0 Å². The maximum absolute atomic E-state index is 10.3. The molecule has 3 rings (SSSR count). The number of rotatable bonds is 4. The minimum atomic E-state index is -0.173. The maximum Gasteiger partial charge on any atom is 0.107 e. The summed E-state index contributed by atoms with van der Waals surface area (Å²) in [5.41, 5.74) is 1.34. The Balaban J connectivity index is 1.56. The number of aromatic nitrogens is 1. The summed E-state index contributed by atoms with van der Waals surface area (Å²) in [6.07, 6.45) is 2.98. The lowest BCUT2D eigenvalue weighted by Crippen LogP contribution is -2.62. The van der Waals surface area contributed by atoms with Crippen LogP contribution in [0.5, 0.6) is 0 Å². The number of thiazole rings is 1. The molecule has 1 aliphatic carbocycles. The van der Waals surface area contributed by atoms with Crippen molar-refractivity contribution in [2.24, 2.45) is 5.41 Å². The summed E-state index contributed by atoms with van der Waals surface area (Å²) >= 11 is 1.77. The van der Waals surface area contributed by atoms with Gasteiger partial charge in [-0.15, -0.1) is 11.3 Å². The minimum Gasteiger partial charge on any atom is -0.392 e. The van der Waals surface area contributed by atoms with Crippen molar-refractivity contribution in [2.75, 3.05) is 19.7 Å². The Morgan fingerprint density at radius 3 is 2.61 bits per heavy atom. The lowest BCUT2D eigenvalue weighted by molar-refractivity contribution is -0.209. The van der Waals surface area contributed by atoms with E-state index in [4.69, 9.17) is 9.72 Å². The van der Waals surface area contributed by atoms with Gasteiger partial charge in [-0.3, -0.25) is 4.90 Å². The average molecular weight is 339 g/mol. The van der Waals surface area contributed by atoms with Crippen LogP contribution in [0.2, 0.25) is 0 Å². The van der Waals surface area contributed by atoms with Crippen molar-refractivity contribution < 1.29 is 9.84 Å². The second-order valence-electron chi connectivity index (χ2n) is 8.08. The highest BCUT2D eigenvalue weighted by atomic mass is 32.1. The number of aliphatic hydroxyl groups is 1. The molecule has 130 valence electrons. The fourth-order valence-corrected chi connectivity index (χ4v) is 4.93. The van der Waals surface area contributed by atoms with Crippen molar-refractivity contribution in [3.63, 3.8) is 0 Å². The molecule has 5 heteroatoms. The Hall–Kier alpha value is -0.490. The first-order valence-electron chi connectivity index (χ1n) is 8.82. The van der Waals surface area contributed by atoms with Gasteiger partial charge in [-0.1, -0.05) is 20.8 Å². The SMILES string of the molecule is CCOC1CC(O)C12CCN(Cc1nc(C(C)(C)C)cs1)CC2. The molecule has 23 heavy (non-hydrogen) atoms. The third-order valence-corrected chi connectivity index (χ3v) is 6.41. The van der Waals surface area contributed by atoms with E-state index in [9.17, 15) is 5.11 Å². The zero-order chi connectivity index (χ0) is 16.7. The first-order valence-corrected chi connectivity index (χ1v) is 9.70. The highest BCUT2D eigenvalue weighted by Crippen LogP contribution is 2.51. The largest absolute Gasteiger partial charge is 0.392 e. The van der Waals surface area contributed by atoms with E-state index in [1.165, 1.54) is 10.7 Å². The van der Waals surface area contributed by atoms with Crippen LogP contribution in [0.4, 0.5) is 0 Å². The molecule has 1 spiro atoms. The molecule has 2 heterocycles. The summed E-state index contributed by atoms with van der Waals surface area (Å²) in [6, 6.07) is 0. The van der Waals surface area contributed by atoms with Gasteiger partial charge in [0.15, 0.2) is 0 Å². The summed E-state index contributed by atoms with van der Waals surface area (Å²) in [4.78, 5) is 7.28. The van der Waals surface area contributed by atoms with Gasteiger partial charge < -0.3 is 9.84 Å². The van der Waals surface area contributed by atoms with Crippen LogP contribution >= 0.6 is 11.3 Å². The fraction of sp³-hybridized carbons (Fsp3) is 0.833. The van der Waals surface area contributed by atoms with Gasteiger partial charge in [0.1, 0.15) is 5.01 Å². The van der Waals surface area contributed by atoms with E-state index in [-0.39, 0.29) is 23.0 Å². The predicted octanol–water partition coefficient (Wildman–Crippen LogP) is 3.19. The van der Waals surface area contributed by atoms with Gasteiger partial charge in [0, 0.05) is 29.2 Å². The highest BCUT2D eigenvalue weighted by molar-refractivity contribution is 7.09. The zero-order valence-electron chi connectivity index (χ0n) is 14.8. The number of piperidine rings is 1. The number of likely N-dealkylation sites (tertiary alicyclic amines) is 1. The summed E-state index contributed by atoms with van der Waals surface area (Å²) in [5, 5.41) is 13.7. The Bertz CT molecular complexity index is 527. The van der Waals surface area contributed by atoms with Gasteiger partial charge in [0.2, 0.25) is 0 Å². The molecule has 2 unspecified atom stereocenters. The molecule has 1 aliphatic heterocycles. The van der Waals surface area contributed by atoms with Crippen LogP contribution in [0, 0.1) is 5.41 Å². The van der Waals surface area contributed by atoms with E-state index in [0.29, 0.717) is 0 Å². The molecule has 1 aromatic heterocycles. The van der Waals surface area contributed by atoms with Gasteiger partial charge in [-0.05, 0) is 32.9 Å². The van der Waals surface area contributed by atoms with E-state index in [0.717, 1.165) is 45.5 Å². The Labute approximate surface area is 143 Å². The Kier molecular flexibility index (Phi) is 4.85. The molecular formula is C18H30N2O2S. The molecule has 1 saturated carbocycles. The van der Waals surface area contributed by atoms with Gasteiger partial charge in [-0.25, -0.2) is 4.98 Å². The van der Waals surface area contributed by atoms with E-state index in [2.05, 4.69) is 31.1 Å². The third-order valence-electron chi connectivity index (χ3n) is 5.58. The number of ether oxygens (including phenoxy) is 1. The zero-order valence-corrected chi connectivity index (χ0v) is 15.7. The molecule has 2 fully saturated rings. The Morgan fingerprint density at radius 1 is 1.39 bits per heavy atom. The fourth-order valence-electron chi connectivity index (χ4n) is 3.86. The molecule has 4 nitrogen and oxygen atoms in total. The molecular weight excluding hydrogens is 308 g/mol. The first kappa shape index (κ1) is 17.3. The van der Waals surface area contributed by atoms with Gasteiger partial charge in [-0.2, -0.15) is 0 Å². The van der Waals surface area contributed by atoms with Gasteiger partial charge >= 0.3 is 0 Å². The standard InChI is InChI=1S/C18H30N2O2S/c1-5-22-15-10-14(21)18(15)6-8-20(9-7-18)11-16-19-13(12-23-16)17(2,3)4/h12,14-15,21H,5-11H2,1-4H3. The summed E-state index contributed by atoms with van der Waals surface area (Å²) in [6.45, 7) is 12.4. The molecule has 0 amide bonds. The summed E-state index contributed by atoms with van der Waals surface area (Å²) in [7, 11) is 0. The van der Waals surface area contributed by atoms with E-state index in [1.54, 1.807) is 11.3 Å². The van der Waals surface area contributed by atoms with Gasteiger partial charge in [0.25, 0.3) is 0 Å². The normalized spacial score (nSPS) is 28.0. The van der Waals surface area contributed by atoms with Crippen LogP contribution in [0.15, 0.2) is 5.38 Å². The molecule has 0 radical (unpaired) electrons. The minimum absolute atomic E-state index is 0.0198. The van der Waals surface area contributed by atoms with E-state index in [1.807, 2.05) is 6.92 Å². The van der Waals surface area contributed by atoms with Crippen molar-refractivity contribution in [3.05, 3.63) is 16.1 Å². The molecule has 1 saturated heterocycles. The van der Waals surface area contributed by atoms with Crippen molar-refractivity contribution in [1.29, 1.82) is 0 Å². The molecule has 1 N–H and O–H groups in total. The number of aliphatic hydroxyl groups excluding tert-OH is 1. The van der Waals surface area contributed by atoms with Crippen LogP contribution in [-0.2, 0) is 16.7 Å². The molecule has 2 atom stereocenters. The van der Waals surface area contributed by atoms with E-state index >= 15 is 0 Å². The lowest BCUT2D eigenvalue weighted by atomic mass is 9.58. The quantitative estimate of drug-likeness (QED) is 0.916. The number of hydrogen-bond donors (Lipinski definition) is 1. The second kappa shape index (κ2) is 6.43. The van der Waals surface area contributed by atoms with Crippen LogP contribution < -0.4 is 0 Å². The smallest absolute Gasteiger partial charge is 0.107 e. The molecule has 0 aromatic carbocycles. The van der Waals surface area contributed by atoms with Crippen LogP contribution in [0.1, 0.15) is 57.7 Å². The van der Waals surface area contributed by atoms with Crippen molar-refractivity contribution >= 4 is 11.3 Å². The highest BCUT2D eigenvalue weighted by Gasteiger charge is 2.55. The average Bonchev–Trinajstić information content (AvgIpc) is 2.97. The second-order valence-corrected chi connectivity index (χ2v) is 9.02. The topological polar surface area (TPSA) is 45.6 Å². The molecule has 1 aromatic rings. The first-order chi connectivity index (χ1) is 10.8. The Morgan fingerprint density at radius 2 is 2.09 bits per heavy atom. The molecule has 2 aliphatic rings. The van der Waals surface area contributed by atoms with Crippen molar-refractivity contribution in [2.45, 2.75) is 71.1 Å². The third kappa shape index (κ3) is 3.34. The van der Waals surface area contributed by atoms with Crippen molar-refractivity contribution in [3.8, 4) is 0 Å². The monoisotopic (exact) mass is 338 g/mol. The van der Waals surface area contributed by atoms with Crippen molar-refractivity contribution in [1.82, 2.24) is 9.88 Å². The number of hydrogen-bond acceptors (Lipinski definition) is 5. The molecule has 0 bridgehead atoms. The predicted molar refractivity (Wildman–Crippen MR) is 93.8 cm³/mol. The van der Waals surface area contributed by atoms with Crippen LogP contribution in [-0.4, -0.2) is 46.9 Å².